The van der Waals surface area contributed by atoms with Crippen LogP contribution >= 0.6 is 0 Å². The standard InChI is InChI=1S/C14H18N6O/c1-2-12(15)14(21)16-10-5-3-4-9(8-10)13-17-18-19-20(13)11-6-7-11/h3-5,8,11-12H,2,6-7,15H2,1H3,(H,16,21)/t12-/m1/s1. The van der Waals surface area contributed by atoms with Gasteiger partial charge in [0.15, 0.2) is 5.82 Å². The minimum atomic E-state index is -0.495. The molecule has 0 aliphatic heterocycles. The largest absolute Gasteiger partial charge is 0.325 e. The number of anilines is 1. The molecule has 1 atom stereocenters. The van der Waals surface area contributed by atoms with Gasteiger partial charge in [0.1, 0.15) is 0 Å². The molecule has 110 valence electrons. The van der Waals surface area contributed by atoms with Crippen molar-refractivity contribution in [2.45, 2.75) is 38.3 Å². The zero-order valence-corrected chi connectivity index (χ0v) is 11.9. The summed E-state index contributed by atoms with van der Waals surface area (Å²) in [5.41, 5.74) is 7.31. The molecule has 0 bridgehead atoms. The minimum absolute atomic E-state index is 0.184. The third-order valence-electron chi connectivity index (χ3n) is 3.55. The Kier molecular flexibility index (Phi) is 3.66. The summed E-state index contributed by atoms with van der Waals surface area (Å²) in [6, 6.07) is 7.40. The topological polar surface area (TPSA) is 98.7 Å². The summed E-state index contributed by atoms with van der Waals surface area (Å²) >= 11 is 0. The molecule has 2 aromatic rings. The number of hydrogen-bond donors (Lipinski definition) is 2. The molecule has 1 heterocycles. The Balaban J connectivity index is 1.83. The van der Waals surface area contributed by atoms with Crippen molar-refractivity contribution in [3.63, 3.8) is 0 Å². The summed E-state index contributed by atoms with van der Waals surface area (Å²) < 4.78 is 1.85. The van der Waals surface area contributed by atoms with Crippen LogP contribution in [0.4, 0.5) is 5.69 Å². The number of nitrogens with one attached hydrogen (secondary N) is 1. The zero-order chi connectivity index (χ0) is 14.8. The quantitative estimate of drug-likeness (QED) is 0.864. The van der Waals surface area contributed by atoms with Gasteiger partial charge in [0, 0.05) is 11.3 Å². The van der Waals surface area contributed by atoms with E-state index >= 15 is 0 Å². The summed E-state index contributed by atoms with van der Waals surface area (Å²) in [5.74, 6) is 0.546. The molecule has 0 spiro atoms. The maximum atomic E-state index is 11.8. The number of nitrogens with two attached hydrogens (primary N) is 1. The molecule has 1 aromatic carbocycles. The summed E-state index contributed by atoms with van der Waals surface area (Å²) in [6.45, 7) is 1.88. The summed E-state index contributed by atoms with van der Waals surface area (Å²) in [6.07, 6.45) is 2.82. The van der Waals surface area contributed by atoms with Gasteiger partial charge in [-0.05, 0) is 41.8 Å². The van der Waals surface area contributed by atoms with Crippen LogP contribution in [0, 0.1) is 0 Å². The Labute approximate surface area is 122 Å². The van der Waals surface area contributed by atoms with Crippen LogP contribution in [-0.4, -0.2) is 32.2 Å². The van der Waals surface area contributed by atoms with Crippen molar-refractivity contribution >= 4 is 11.6 Å². The number of benzene rings is 1. The highest BCUT2D eigenvalue weighted by atomic mass is 16.2. The second-order valence-corrected chi connectivity index (χ2v) is 5.26. The van der Waals surface area contributed by atoms with Gasteiger partial charge in [-0.25, -0.2) is 4.68 Å². The van der Waals surface area contributed by atoms with Crippen molar-refractivity contribution < 1.29 is 4.79 Å². The van der Waals surface area contributed by atoms with Gasteiger partial charge >= 0.3 is 0 Å². The fraction of sp³-hybridized carbons (Fsp3) is 0.429. The molecule has 1 aromatic heterocycles. The molecule has 1 saturated carbocycles. The molecule has 0 saturated heterocycles. The van der Waals surface area contributed by atoms with Gasteiger partial charge in [-0.1, -0.05) is 19.1 Å². The Morgan fingerprint density at radius 3 is 3.05 bits per heavy atom. The molecule has 21 heavy (non-hydrogen) atoms. The number of nitrogens with zero attached hydrogens (tertiary/aromatic N) is 4. The normalized spacial score (nSPS) is 15.7. The van der Waals surface area contributed by atoms with Gasteiger partial charge < -0.3 is 11.1 Å². The molecule has 7 heteroatoms. The number of aromatic nitrogens is 4. The highest BCUT2D eigenvalue weighted by Crippen LogP contribution is 2.36. The van der Waals surface area contributed by atoms with E-state index in [1.807, 2.05) is 35.9 Å². The summed E-state index contributed by atoms with van der Waals surface area (Å²) in [5, 5.41) is 14.7. The highest BCUT2D eigenvalue weighted by molar-refractivity contribution is 5.95. The van der Waals surface area contributed by atoms with Crippen molar-refractivity contribution in [2.75, 3.05) is 5.32 Å². The molecule has 1 aliphatic carbocycles. The van der Waals surface area contributed by atoms with Crippen LogP contribution in [0.3, 0.4) is 0 Å². The lowest BCUT2D eigenvalue weighted by Crippen LogP contribution is -2.34. The lowest BCUT2D eigenvalue weighted by atomic mass is 10.1. The number of carbonyl (C=O) groups is 1. The van der Waals surface area contributed by atoms with Crippen molar-refractivity contribution in [2.24, 2.45) is 5.73 Å². The van der Waals surface area contributed by atoms with E-state index in [4.69, 9.17) is 5.73 Å². The molecule has 7 nitrogen and oxygen atoms in total. The Bertz CT molecular complexity index is 648. The predicted octanol–water partition coefficient (Wildman–Crippen LogP) is 1.35. The monoisotopic (exact) mass is 286 g/mol. The number of tetrazole rings is 1. The fourth-order valence-electron chi connectivity index (χ4n) is 2.11. The van der Waals surface area contributed by atoms with Crippen LogP contribution in [0.1, 0.15) is 32.2 Å². The van der Waals surface area contributed by atoms with Gasteiger partial charge in [-0.15, -0.1) is 5.10 Å². The van der Waals surface area contributed by atoms with E-state index in [0.717, 1.165) is 24.2 Å². The molecule has 1 aliphatic rings. The van der Waals surface area contributed by atoms with E-state index in [-0.39, 0.29) is 5.91 Å². The molecule has 0 radical (unpaired) electrons. The van der Waals surface area contributed by atoms with Crippen LogP contribution in [0.2, 0.25) is 0 Å². The number of rotatable bonds is 5. The van der Waals surface area contributed by atoms with E-state index in [2.05, 4.69) is 20.8 Å². The van der Waals surface area contributed by atoms with Gasteiger partial charge in [-0.2, -0.15) is 0 Å². The van der Waals surface area contributed by atoms with Gasteiger partial charge in [0.2, 0.25) is 5.91 Å². The molecule has 0 unspecified atom stereocenters. The SMILES string of the molecule is CC[C@@H](N)C(=O)Nc1cccc(-c2nnnn2C2CC2)c1. The second-order valence-electron chi connectivity index (χ2n) is 5.26. The van der Waals surface area contributed by atoms with Gasteiger partial charge in [-0.3, -0.25) is 4.79 Å². The number of hydrogen-bond acceptors (Lipinski definition) is 5. The Morgan fingerprint density at radius 1 is 1.52 bits per heavy atom. The molecule has 1 fully saturated rings. The van der Waals surface area contributed by atoms with E-state index in [9.17, 15) is 4.79 Å². The minimum Gasteiger partial charge on any atom is -0.325 e. The first kappa shape index (κ1) is 13.7. The van der Waals surface area contributed by atoms with Crippen LogP contribution in [0.25, 0.3) is 11.4 Å². The van der Waals surface area contributed by atoms with Crippen molar-refractivity contribution in [1.82, 2.24) is 20.2 Å². The molecule has 1 amide bonds. The van der Waals surface area contributed by atoms with Crippen LogP contribution in [0.5, 0.6) is 0 Å². The average molecular weight is 286 g/mol. The first-order chi connectivity index (χ1) is 10.2. The maximum Gasteiger partial charge on any atom is 0.241 e. The summed E-state index contributed by atoms with van der Waals surface area (Å²) in [7, 11) is 0. The average Bonchev–Trinajstić information content (AvgIpc) is 3.23. The van der Waals surface area contributed by atoms with Crippen molar-refractivity contribution in [3.8, 4) is 11.4 Å². The van der Waals surface area contributed by atoms with E-state index in [0.29, 0.717) is 18.2 Å². The molecule has 3 N–H and O–H groups in total. The third kappa shape index (κ3) is 2.92. The van der Waals surface area contributed by atoms with E-state index < -0.39 is 6.04 Å². The van der Waals surface area contributed by atoms with Crippen LogP contribution in [-0.2, 0) is 4.79 Å². The zero-order valence-electron chi connectivity index (χ0n) is 11.9. The lowest BCUT2D eigenvalue weighted by Gasteiger charge is -2.11. The van der Waals surface area contributed by atoms with Crippen molar-refractivity contribution in [1.29, 1.82) is 0 Å². The lowest BCUT2D eigenvalue weighted by molar-refractivity contribution is -0.117. The second kappa shape index (κ2) is 5.61. The number of amides is 1. The maximum absolute atomic E-state index is 11.8. The predicted molar refractivity (Wildman–Crippen MR) is 78.4 cm³/mol. The van der Waals surface area contributed by atoms with Crippen LogP contribution in [0.15, 0.2) is 24.3 Å². The fourth-order valence-corrected chi connectivity index (χ4v) is 2.11. The first-order valence-corrected chi connectivity index (χ1v) is 7.13. The Hall–Kier alpha value is -2.28. The smallest absolute Gasteiger partial charge is 0.241 e. The van der Waals surface area contributed by atoms with Gasteiger partial charge in [0.25, 0.3) is 0 Å². The molecular weight excluding hydrogens is 268 g/mol. The van der Waals surface area contributed by atoms with Crippen LogP contribution < -0.4 is 11.1 Å². The Morgan fingerprint density at radius 2 is 2.33 bits per heavy atom. The molecule has 3 rings (SSSR count). The van der Waals surface area contributed by atoms with E-state index in [1.165, 1.54) is 0 Å². The summed E-state index contributed by atoms with van der Waals surface area (Å²) in [4.78, 5) is 11.8. The first-order valence-electron chi connectivity index (χ1n) is 7.13. The third-order valence-corrected chi connectivity index (χ3v) is 3.55. The van der Waals surface area contributed by atoms with E-state index in [1.54, 1.807) is 0 Å². The van der Waals surface area contributed by atoms with Gasteiger partial charge in [0.05, 0.1) is 12.1 Å². The molecular formula is C14H18N6O. The number of carbonyl (C=O) groups excluding carboxylic acids is 1. The highest BCUT2D eigenvalue weighted by Gasteiger charge is 2.28. The van der Waals surface area contributed by atoms with Crippen molar-refractivity contribution in [3.05, 3.63) is 24.3 Å².